The van der Waals surface area contributed by atoms with Gasteiger partial charge in [-0.25, -0.2) is 0 Å². The highest BCUT2D eigenvalue weighted by Crippen LogP contribution is 2.39. The Morgan fingerprint density at radius 2 is 2.26 bits per heavy atom. The molecule has 3 heterocycles. The molecule has 1 fully saturated rings. The van der Waals surface area contributed by atoms with E-state index < -0.39 is 0 Å². The highest BCUT2D eigenvalue weighted by Gasteiger charge is 2.35. The number of hydrogen-bond donors (Lipinski definition) is 3. The number of nitrogens with one attached hydrogen (secondary N) is 2. The van der Waals surface area contributed by atoms with E-state index in [1.165, 1.54) is 17.8 Å². The van der Waals surface area contributed by atoms with Crippen LogP contribution in [0, 0.1) is 11.8 Å². The zero-order valence-corrected chi connectivity index (χ0v) is 16.3. The molecule has 4 N–H and O–H groups in total. The fourth-order valence-electron chi connectivity index (χ4n) is 3.55. The first-order valence-electron chi connectivity index (χ1n) is 8.93. The summed E-state index contributed by atoms with van der Waals surface area (Å²) >= 11 is 3.08. The summed E-state index contributed by atoms with van der Waals surface area (Å²) in [4.78, 5) is 16.3. The van der Waals surface area contributed by atoms with Crippen molar-refractivity contribution in [2.75, 3.05) is 5.73 Å². The normalized spacial score (nSPS) is 24.4. The second-order valence-electron chi connectivity index (χ2n) is 6.81. The molecular formula is C17H21N7OS2. The van der Waals surface area contributed by atoms with Gasteiger partial charge in [0.15, 0.2) is 5.17 Å². The average molecular weight is 404 g/mol. The number of nitrogen functional groups attached to an aromatic ring is 1. The Balaban J connectivity index is 1.23. The first-order valence-corrected chi connectivity index (χ1v) is 10.6. The molecule has 0 aromatic carbocycles. The van der Waals surface area contributed by atoms with Crippen molar-refractivity contribution >= 4 is 39.3 Å². The average Bonchev–Trinajstić information content (AvgIpc) is 3.38. The van der Waals surface area contributed by atoms with E-state index in [9.17, 15) is 4.79 Å². The van der Waals surface area contributed by atoms with Crippen LogP contribution in [-0.4, -0.2) is 31.6 Å². The summed E-state index contributed by atoms with van der Waals surface area (Å²) in [6.07, 6.45) is 6.32. The van der Waals surface area contributed by atoms with Gasteiger partial charge in [-0.3, -0.25) is 15.2 Å². The molecule has 4 rings (SSSR count). The number of thioether (sulfide) groups is 1. The number of carbonyl (C=O) groups excluding carboxylic acids is 1. The number of carbonyl (C=O) groups is 1. The van der Waals surface area contributed by atoms with E-state index in [0.717, 1.165) is 30.0 Å². The molecule has 1 aliphatic carbocycles. The van der Waals surface area contributed by atoms with Crippen LogP contribution in [0.15, 0.2) is 29.5 Å². The Labute approximate surface area is 165 Å². The minimum Gasteiger partial charge on any atom is -0.374 e. The van der Waals surface area contributed by atoms with Gasteiger partial charge in [0.25, 0.3) is 0 Å². The molecule has 8 nitrogen and oxygen atoms in total. The molecular weight excluding hydrogens is 382 g/mol. The number of pyridine rings is 1. The number of aromatic nitrogens is 3. The van der Waals surface area contributed by atoms with Gasteiger partial charge in [-0.15, -0.1) is 10.2 Å². The predicted molar refractivity (Wildman–Crippen MR) is 107 cm³/mol. The van der Waals surface area contributed by atoms with E-state index in [2.05, 4.69) is 31.0 Å². The summed E-state index contributed by atoms with van der Waals surface area (Å²) in [6, 6.07) is 5.55. The number of hydrazone groups is 1. The SMILES string of the molecule is Nc1nnc(CC2CCC(C3NN=C(NC(=O)Cc4ccccn4)S3)C2)s1. The lowest BCUT2D eigenvalue weighted by atomic mass is 10.0. The summed E-state index contributed by atoms with van der Waals surface area (Å²) in [6.45, 7) is 0. The summed E-state index contributed by atoms with van der Waals surface area (Å²) in [5.74, 6) is 1.03. The molecule has 1 amide bonds. The van der Waals surface area contributed by atoms with E-state index in [0.29, 0.717) is 22.1 Å². The van der Waals surface area contributed by atoms with Gasteiger partial charge in [-0.2, -0.15) is 5.10 Å². The van der Waals surface area contributed by atoms with E-state index in [1.54, 1.807) is 18.0 Å². The predicted octanol–water partition coefficient (Wildman–Crippen LogP) is 1.77. The zero-order chi connectivity index (χ0) is 18.6. The Morgan fingerprint density at radius 1 is 1.33 bits per heavy atom. The summed E-state index contributed by atoms with van der Waals surface area (Å²) in [7, 11) is 0. The van der Waals surface area contributed by atoms with Crippen molar-refractivity contribution in [3.05, 3.63) is 35.1 Å². The highest BCUT2D eigenvalue weighted by atomic mass is 32.2. The van der Waals surface area contributed by atoms with Gasteiger partial charge in [-0.1, -0.05) is 29.2 Å². The van der Waals surface area contributed by atoms with Gasteiger partial charge >= 0.3 is 0 Å². The number of rotatable bonds is 5. The largest absolute Gasteiger partial charge is 0.374 e. The van der Waals surface area contributed by atoms with Gasteiger partial charge in [0.1, 0.15) is 5.01 Å². The molecule has 10 heteroatoms. The quantitative estimate of drug-likeness (QED) is 0.696. The number of nitrogens with two attached hydrogens (primary N) is 1. The third-order valence-electron chi connectivity index (χ3n) is 4.80. The lowest BCUT2D eigenvalue weighted by Crippen LogP contribution is -2.30. The second-order valence-corrected chi connectivity index (χ2v) is 9.03. The lowest BCUT2D eigenvalue weighted by Gasteiger charge is -2.17. The minimum atomic E-state index is -0.0967. The molecule has 0 bridgehead atoms. The maximum Gasteiger partial charge on any atom is 0.231 e. The van der Waals surface area contributed by atoms with Crippen LogP contribution in [0.3, 0.4) is 0 Å². The molecule has 3 unspecified atom stereocenters. The van der Waals surface area contributed by atoms with Crippen molar-refractivity contribution in [2.45, 2.75) is 37.5 Å². The maximum absolute atomic E-state index is 12.2. The molecule has 27 heavy (non-hydrogen) atoms. The molecule has 0 spiro atoms. The third kappa shape index (κ3) is 4.75. The van der Waals surface area contributed by atoms with Gasteiger partial charge in [-0.05, 0) is 43.2 Å². The fraction of sp³-hybridized carbons (Fsp3) is 0.471. The van der Waals surface area contributed by atoms with E-state index in [4.69, 9.17) is 5.73 Å². The monoisotopic (exact) mass is 403 g/mol. The number of amidine groups is 1. The molecule has 1 saturated carbocycles. The fourth-order valence-corrected chi connectivity index (χ4v) is 5.34. The number of nitrogens with zero attached hydrogens (tertiary/aromatic N) is 4. The van der Waals surface area contributed by atoms with E-state index in [1.807, 2.05) is 18.2 Å². The maximum atomic E-state index is 12.2. The topological polar surface area (TPSA) is 118 Å². The molecule has 3 atom stereocenters. The van der Waals surface area contributed by atoms with Crippen LogP contribution in [0.4, 0.5) is 5.13 Å². The molecule has 1 aliphatic heterocycles. The lowest BCUT2D eigenvalue weighted by molar-refractivity contribution is -0.119. The van der Waals surface area contributed by atoms with Gasteiger partial charge in [0.05, 0.1) is 11.8 Å². The van der Waals surface area contributed by atoms with Crippen LogP contribution < -0.4 is 16.5 Å². The second kappa shape index (κ2) is 8.22. The Hall–Kier alpha value is -2.20. The molecule has 2 aromatic heterocycles. The molecule has 142 valence electrons. The Morgan fingerprint density at radius 3 is 3.04 bits per heavy atom. The van der Waals surface area contributed by atoms with Crippen LogP contribution in [-0.2, 0) is 17.6 Å². The summed E-state index contributed by atoms with van der Waals surface area (Å²) in [5.41, 5.74) is 9.59. The summed E-state index contributed by atoms with van der Waals surface area (Å²) in [5, 5.41) is 17.6. The molecule has 2 aromatic rings. The van der Waals surface area contributed by atoms with Gasteiger partial charge < -0.3 is 11.1 Å². The van der Waals surface area contributed by atoms with Crippen LogP contribution in [0.25, 0.3) is 0 Å². The van der Waals surface area contributed by atoms with Crippen LogP contribution in [0.5, 0.6) is 0 Å². The number of anilines is 1. The van der Waals surface area contributed by atoms with Crippen molar-refractivity contribution in [2.24, 2.45) is 16.9 Å². The van der Waals surface area contributed by atoms with Crippen LogP contribution in [0.2, 0.25) is 0 Å². The number of amides is 1. The smallest absolute Gasteiger partial charge is 0.231 e. The molecule has 0 saturated heterocycles. The molecule has 2 aliphatic rings. The minimum absolute atomic E-state index is 0.0967. The van der Waals surface area contributed by atoms with Gasteiger partial charge in [0.2, 0.25) is 11.0 Å². The third-order valence-corrected chi connectivity index (χ3v) is 6.74. The van der Waals surface area contributed by atoms with Crippen LogP contribution in [0.1, 0.15) is 30.0 Å². The molecule has 0 radical (unpaired) electrons. The first kappa shape index (κ1) is 18.2. The Bertz CT molecular complexity index is 826. The first-order chi connectivity index (χ1) is 13.2. The highest BCUT2D eigenvalue weighted by molar-refractivity contribution is 8.14. The standard InChI is InChI=1S/C17H21N7OS2/c18-16-23-21-14(26-16)8-10-4-5-11(7-10)15-22-24-17(27-15)20-13(25)9-12-3-1-2-6-19-12/h1-3,6,10-11,15,22H,4-5,7-9H2,(H2,18,23)(H,20,24,25). The van der Waals surface area contributed by atoms with Gasteiger partial charge in [0, 0.05) is 18.3 Å². The van der Waals surface area contributed by atoms with Crippen molar-refractivity contribution in [1.82, 2.24) is 25.9 Å². The van der Waals surface area contributed by atoms with Crippen molar-refractivity contribution < 1.29 is 4.79 Å². The Kier molecular flexibility index (Phi) is 5.53. The zero-order valence-electron chi connectivity index (χ0n) is 14.7. The van der Waals surface area contributed by atoms with Crippen molar-refractivity contribution in [3.63, 3.8) is 0 Å². The van der Waals surface area contributed by atoms with Crippen molar-refractivity contribution in [1.29, 1.82) is 0 Å². The van der Waals surface area contributed by atoms with E-state index >= 15 is 0 Å². The van der Waals surface area contributed by atoms with Crippen LogP contribution >= 0.6 is 23.1 Å². The number of hydrogen-bond acceptors (Lipinski definition) is 9. The van der Waals surface area contributed by atoms with E-state index in [-0.39, 0.29) is 17.7 Å². The van der Waals surface area contributed by atoms with Crippen molar-refractivity contribution in [3.8, 4) is 0 Å². The summed E-state index contributed by atoms with van der Waals surface area (Å²) < 4.78 is 0.